The van der Waals surface area contributed by atoms with Crippen molar-refractivity contribution in [3.05, 3.63) is 35.6 Å². The predicted octanol–water partition coefficient (Wildman–Crippen LogP) is 3.54. The zero-order valence-corrected chi connectivity index (χ0v) is 10.1. The van der Waals surface area contributed by atoms with E-state index in [0.717, 1.165) is 25.1 Å². The molecule has 0 aliphatic rings. The van der Waals surface area contributed by atoms with E-state index in [1.807, 2.05) is 12.1 Å². The van der Waals surface area contributed by atoms with E-state index >= 15 is 0 Å². The molecule has 0 fully saturated rings. The van der Waals surface area contributed by atoms with E-state index in [2.05, 4.69) is 12.2 Å². The van der Waals surface area contributed by atoms with Crippen LogP contribution in [0.15, 0.2) is 24.3 Å². The lowest BCUT2D eigenvalue weighted by atomic mass is 10.1. The van der Waals surface area contributed by atoms with Gasteiger partial charge in [0.15, 0.2) is 0 Å². The average molecular weight is 223 g/mol. The van der Waals surface area contributed by atoms with Crippen LogP contribution in [0, 0.1) is 5.82 Å². The van der Waals surface area contributed by atoms with E-state index in [-0.39, 0.29) is 5.82 Å². The molecule has 0 aliphatic heterocycles. The maximum atomic E-state index is 13.2. The van der Waals surface area contributed by atoms with E-state index in [1.54, 1.807) is 6.07 Å². The molecular formula is C14H22FN. The van der Waals surface area contributed by atoms with Crippen molar-refractivity contribution in [1.82, 2.24) is 5.32 Å². The molecule has 0 saturated heterocycles. The van der Waals surface area contributed by atoms with Gasteiger partial charge in [0.25, 0.3) is 0 Å². The van der Waals surface area contributed by atoms with Crippen molar-refractivity contribution in [1.29, 1.82) is 0 Å². The maximum Gasteiger partial charge on any atom is 0.126 e. The first-order valence-electron chi connectivity index (χ1n) is 6.28. The molecule has 0 amide bonds. The van der Waals surface area contributed by atoms with Crippen molar-refractivity contribution < 1.29 is 4.39 Å². The van der Waals surface area contributed by atoms with Crippen molar-refractivity contribution in [2.75, 3.05) is 13.1 Å². The third-order valence-corrected chi connectivity index (χ3v) is 2.74. The lowest BCUT2D eigenvalue weighted by Crippen LogP contribution is -2.18. The summed E-state index contributed by atoms with van der Waals surface area (Å²) in [5.74, 6) is -0.0877. The number of halogens is 1. The highest BCUT2D eigenvalue weighted by Crippen LogP contribution is 2.06. The SMILES string of the molecule is CCCCCCNCCc1ccccc1F. The molecule has 0 aliphatic carbocycles. The Balaban J connectivity index is 2.05. The second-order valence-electron chi connectivity index (χ2n) is 4.15. The topological polar surface area (TPSA) is 12.0 Å². The van der Waals surface area contributed by atoms with Gasteiger partial charge in [0.1, 0.15) is 5.82 Å². The molecule has 0 saturated carbocycles. The predicted molar refractivity (Wildman–Crippen MR) is 67.1 cm³/mol. The molecule has 0 spiro atoms. The molecule has 2 heteroatoms. The molecule has 1 N–H and O–H groups in total. The monoisotopic (exact) mass is 223 g/mol. The number of benzene rings is 1. The molecule has 0 unspecified atom stereocenters. The smallest absolute Gasteiger partial charge is 0.126 e. The van der Waals surface area contributed by atoms with Crippen LogP contribution in [0.2, 0.25) is 0 Å². The van der Waals surface area contributed by atoms with Crippen LogP contribution < -0.4 is 5.32 Å². The van der Waals surface area contributed by atoms with Crippen LogP contribution in [0.4, 0.5) is 4.39 Å². The fourth-order valence-corrected chi connectivity index (χ4v) is 1.73. The minimum absolute atomic E-state index is 0.0877. The highest BCUT2D eigenvalue weighted by atomic mass is 19.1. The highest BCUT2D eigenvalue weighted by Gasteiger charge is 1.99. The van der Waals surface area contributed by atoms with Gasteiger partial charge in [-0.2, -0.15) is 0 Å². The van der Waals surface area contributed by atoms with Gasteiger partial charge < -0.3 is 5.32 Å². The minimum atomic E-state index is -0.0877. The Hall–Kier alpha value is -0.890. The minimum Gasteiger partial charge on any atom is -0.316 e. The maximum absolute atomic E-state index is 13.2. The van der Waals surface area contributed by atoms with E-state index in [1.165, 1.54) is 31.7 Å². The molecule has 0 radical (unpaired) electrons. The largest absolute Gasteiger partial charge is 0.316 e. The molecule has 0 aromatic heterocycles. The standard InChI is InChI=1S/C14H22FN/c1-2-3-4-7-11-16-12-10-13-8-5-6-9-14(13)15/h5-6,8-9,16H,2-4,7,10-12H2,1H3. The van der Waals surface area contributed by atoms with Gasteiger partial charge in [-0.15, -0.1) is 0 Å². The van der Waals surface area contributed by atoms with Gasteiger partial charge in [0.05, 0.1) is 0 Å². The lowest BCUT2D eigenvalue weighted by molar-refractivity contribution is 0.579. The Morgan fingerprint density at radius 2 is 1.88 bits per heavy atom. The van der Waals surface area contributed by atoms with Gasteiger partial charge in [-0.05, 0) is 37.6 Å². The number of unbranched alkanes of at least 4 members (excludes halogenated alkanes) is 3. The van der Waals surface area contributed by atoms with Gasteiger partial charge in [-0.3, -0.25) is 0 Å². The second-order valence-corrected chi connectivity index (χ2v) is 4.15. The molecule has 16 heavy (non-hydrogen) atoms. The Morgan fingerprint density at radius 1 is 1.06 bits per heavy atom. The summed E-state index contributed by atoms with van der Waals surface area (Å²) in [6, 6.07) is 7.00. The molecule has 0 bridgehead atoms. The van der Waals surface area contributed by atoms with Gasteiger partial charge in [-0.1, -0.05) is 44.4 Å². The van der Waals surface area contributed by atoms with Crippen LogP contribution in [0.25, 0.3) is 0 Å². The third-order valence-electron chi connectivity index (χ3n) is 2.74. The molecule has 0 heterocycles. The van der Waals surface area contributed by atoms with E-state index in [9.17, 15) is 4.39 Å². The Bertz CT molecular complexity index is 286. The van der Waals surface area contributed by atoms with E-state index in [4.69, 9.17) is 0 Å². The number of hydrogen-bond donors (Lipinski definition) is 1. The fraction of sp³-hybridized carbons (Fsp3) is 0.571. The Kier molecular flexibility index (Phi) is 6.82. The lowest BCUT2D eigenvalue weighted by Gasteiger charge is -2.05. The zero-order valence-electron chi connectivity index (χ0n) is 10.1. The number of hydrogen-bond acceptors (Lipinski definition) is 1. The summed E-state index contributed by atoms with van der Waals surface area (Å²) < 4.78 is 13.2. The summed E-state index contributed by atoms with van der Waals surface area (Å²) in [7, 11) is 0. The molecule has 90 valence electrons. The van der Waals surface area contributed by atoms with Crippen molar-refractivity contribution in [3.63, 3.8) is 0 Å². The summed E-state index contributed by atoms with van der Waals surface area (Å²) in [5, 5.41) is 3.35. The molecule has 1 aromatic carbocycles. The van der Waals surface area contributed by atoms with Crippen molar-refractivity contribution in [2.24, 2.45) is 0 Å². The van der Waals surface area contributed by atoms with Crippen LogP contribution in [0.3, 0.4) is 0 Å². The van der Waals surface area contributed by atoms with Gasteiger partial charge in [-0.25, -0.2) is 4.39 Å². The Labute approximate surface area is 98.1 Å². The van der Waals surface area contributed by atoms with Crippen LogP contribution >= 0.6 is 0 Å². The van der Waals surface area contributed by atoms with Crippen molar-refractivity contribution in [2.45, 2.75) is 39.0 Å². The van der Waals surface area contributed by atoms with Crippen LogP contribution in [-0.2, 0) is 6.42 Å². The highest BCUT2D eigenvalue weighted by molar-refractivity contribution is 5.17. The quantitative estimate of drug-likeness (QED) is 0.665. The van der Waals surface area contributed by atoms with Gasteiger partial charge in [0, 0.05) is 0 Å². The summed E-state index contributed by atoms with van der Waals surface area (Å²) in [6.45, 7) is 4.13. The van der Waals surface area contributed by atoms with Gasteiger partial charge in [0.2, 0.25) is 0 Å². The fourth-order valence-electron chi connectivity index (χ4n) is 1.73. The normalized spacial score (nSPS) is 10.6. The van der Waals surface area contributed by atoms with Gasteiger partial charge >= 0.3 is 0 Å². The van der Waals surface area contributed by atoms with Crippen molar-refractivity contribution in [3.8, 4) is 0 Å². The van der Waals surface area contributed by atoms with Crippen LogP contribution in [0.1, 0.15) is 38.2 Å². The van der Waals surface area contributed by atoms with Crippen LogP contribution in [-0.4, -0.2) is 13.1 Å². The summed E-state index contributed by atoms with van der Waals surface area (Å²) in [5.41, 5.74) is 0.809. The number of rotatable bonds is 8. The molecular weight excluding hydrogens is 201 g/mol. The molecule has 1 nitrogen and oxygen atoms in total. The first-order chi connectivity index (χ1) is 7.84. The zero-order chi connectivity index (χ0) is 11.6. The Morgan fingerprint density at radius 3 is 2.62 bits per heavy atom. The average Bonchev–Trinajstić information content (AvgIpc) is 2.30. The van der Waals surface area contributed by atoms with E-state index < -0.39 is 0 Å². The third kappa shape index (κ3) is 5.26. The molecule has 1 rings (SSSR count). The van der Waals surface area contributed by atoms with E-state index in [0.29, 0.717) is 0 Å². The second kappa shape index (κ2) is 8.28. The first-order valence-corrected chi connectivity index (χ1v) is 6.28. The van der Waals surface area contributed by atoms with Crippen molar-refractivity contribution >= 4 is 0 Å². The summed E-state index contributed by atoms with van der Waals surface area (Å²) in [6.07, 6.45) is 5.89. The summed E-state index contributed by atoms with van der Waals surface area (Å²) >= 11 is 0. The molecule has 0 atom stereocenters. The summed E-state index contributed by atoms with van der Waals surface area (Å²) in [4.78, 5) is 0. The van der Waals surface area contributed by atoms with Crippen LogP contribution in [0.5, 0.6) is 0 Å². The first kappa shape index (κ1) is 13.2. The number of nitrogens with one attached hydrogen (secondary N) is 1. The molecule has 1 aromatic rings.